The van der Waals surface area contributed by atoms with E-state index in [4.69, 9.17) is 33.2 Å². The van der Waals surface area contributed by atoms with Crippen LogP contribution in [0.4, 0.5) is 0 Å². The number of hydrogen-bond acceptors (Lipinski definition) is 3. The molecule has 0 atom stereocenters. The van der Waals surface area contributed by atoms with Crippen molar-refractivity contribution in [1.29, 1.82) is 5.26 Å². The van der Waals surface area contributed by atoms with Crippen LogP contribution in [0.25, 0.3) is 0 Å². The first-order valence-electron chi connectivity index (χ1n) is 5.15. The maximum absolute atomic E-state index is 8.87. The molecule has 6 heteroatoms. The largest absolute Gasteiger partial charge is 0.356 e. The zero-order valence-electron chi connectivity index (χ0n) is 9.31. The summed E-state index contributed by atoms with van der Waals surface area (Å²) in [7, 11) is 0. The van der Waals surface area contributed by atoms with E-state index in [0.717, 1.165) is 5.56 Å². The number of imidazole rings is 1. The molecule has 0 fully saturated rings. The van der Waals surface area contributed by atoms with Crippen LogP contribution < -0.4 is 0 Å². The summed E-state index contributed by atoms with van der Waals surface area (Å²) in [5.41, 5.74) is 1.04. The van der Waals surface area contributed by atoms with Gasteiger partial charge in [0.1, 0.15) is 12.8 Å². The van der Waals surface area contributed by atoms with E-state index in [0.29, 0.717) is 6.61 Å². The van der Waals surface area contributed by atoms with Crippen LogP contribution in [0, 0.1) is 11.3 Å². The molecule has 2 aromatic rings. The lowest BCUT2D eigenvalue weighted by atomic mass is 10.2. The zero-order chi connectivity index (χ0) is 13.0. The van der Waals surface area contributed by atoms with Gasteiger partial charge in [-0.05, 0) is 5.56 Å². The van der Waals surface area contributed by atoms with Crippen molar-refractivity contribution in [1.82, 2.24) is 9.55 Å². The Morgan fingerprint density at radius 3 is 2.67 bits per heavy atom. The van der Waals surface area contributed by atoms with E-state index in [1.165, 1.54) is 4.57 Å². The summed E-state index contributed by atoms with van der Waals surface area (Å²) in [6.45, 7) is 0.564. The fourth-order valence-corrected chi connectivity index (χ4v) is 1.79. The lowest BCUT2D eigenvalue weighted by Crippen LogP contribution is -2.05. The molecule has 0 unspecified atom stereocenters. The van der Waals surface area contributed by atoms with Crippen LogP contribution in [0.15, 0.2) is 30.3 Å². The molecule has 92 valence electrons. The third-order valence-electron chi connectivity index (χ3n) is 2.30. The number of halogens is 2. The summed E-state index contributed by atoms with van der Waals surface area (Å²) in [6, 6.07) is 11.6. The Kier molecular flexibility index (Phi) is 4.21. The Labute approximate surface area is 114 Å². The highest BCUT2D eigenvalue weighted by Crippen LogP contribution is 2.22. The zero-order valence-corrected chi connectivity index (χ0v) is 10.8. The predicted octanol–water partition coefficient (Wildman–Crippen LogP) is 3.24. The molecule has 0 amide bonds. The maximum atomic E-state index is 8.87. The van der Waals surface area contributed by atoms with Gasteiger partial charge >= 0.3 is 0 Å². The Morgan fingerprint density at radius 2 is 2.00 bits per heavy atom. The summed E-state index contributed by atoms with van der Waals surface area (Å²) < 4.78 is 6.89. The van der Waals surface area contributed by atoms with Crippen LogP contribution in [-0.2, 0) is 18.1 Å². The van der Waals surface area contributed by atoms with Crippen LogP contribution >= 0.6 is 23.2 Å². The van der Waals surface area contributed by atoms with Gasteiger partial charge in [0.05, 0.1) is 6.61 Å². The fraction of sp³-hybridized carbons (Fsp3) is 0.167. The van der Waals surface area contributed by atoms with Crippen LogP contribution in [-0.4, -0.2) is 9.55 Å². The monoisotopic (exact) mass is 281 g/mol. The standard InChI is InChI=1S/C12H9Cl2N3O/c13-11-12(14)17(10(6-15)16-11)8-18-7-9-4-2-1-3-5-9/h1-5H,7-8H2. The lowest BCUT2D eigenvalue weighted by molar-refractivity contribution is 0.0636. The van der Waals surface area contributed by atoms with Gasteiger partial charge in [-0.3, -0.25) is 4.57 Å². The van der Waals surface area contributed by atoms with Crippen molar-refractivity contribution >= 4 is 23.2 Å². The Hall–Kier alpha value is -1.54. The molecule has 0 N–H and O–H groups in total. The third-order valence-corrected chi connectivity index (χ3v) is 3.04. The second-order valence-electron chi connectivity index (χ2n) is 3.52. The van der Waals surface area contributed by atoms with Gasteiger partial charge in [-0.25, -0.2) is 4.98 Å². The van der Waals surface area contributed by atoms with E-state index in [2.05, 4.69) is 4.98 Å². The molecule has 2 rings (SSSR count). The maximum Gasteiger partial charge on any atom is 0.217 e. The van der Waals surface area contributed by atoms with Gasteiger partial charge in [-0.2, -0.15) is 5.26 Å². The van der Waals surface area contributed by atoms with Gasteiger partial charge in [0.25, 0.3) is 0 Å². The molecular formula is C12H9Cl2N3O. The molecule has 0 saturated carbocycles. The van der Waals surface area contributed by atoms with Crippen molar-refractivity contribution in [3.63, 3.8) is 0 Å². The van der Waals surface area contributed by atoms with Crippen LogP contribution in [0.1, 0.15) is 11.4 Å². The Morgan fingerprint density at radius 1 is 1.28 bits per heavy atom. The predicted molar refractivity (Wildman–Crippen MR) is 68.2 cm³/mol. The van der Waals surface area contributed by atoms with Gasteiger partial charge in [0, 0.05) is 0 Å². The first-order chi connectivity index (χ1) is 8.72. The Balaban J connectivity index is 2.01. The lowest BCUT2D eigenvalue weighted by Gasteiger charge is -2.07. The third kappa shape index (κ3) is 2.82. The van der Waals surface area contributed by atoms with E-state index in [1.54, 1.807) is 0 Å². The molecule has 0 bridgehead atoms. The quantitative estimate of drug-likeness (QED) is 0.865. The Bertz CT molecular complexity index is 575. The van der Waals surface area contributed by atoms with Crippen molar-refractivity contribution in [3.8, 4) is 6.07 Å². The highest BCUT2D eigenvalue weighted by atomic mass is 35.5. The van der Waals surface area contributed by atoms with Gasteiger partial charge in [0.15, 0.2) is 10.3 Å². The average molecular weight is 282 g/mol. The summed E-state index contributed by atoms with van der Waals surface area (Å²) >= 11 is 11.7. The molecule has 0 radical (unpaired) electrons. The second-order valence-corrected chi connectivity index (χ2v) is 4.24. The van der Waals surface area contributed by atoms with E-state index in [9.17, 15) is 0 Å². The van der Waals surface area contributed by atoms with E-state index in [1.807, 2.05) is 36.4 Å². The number of nitriles is 1. The number of hydrogen-bond donors (Lipinski definition) is 0. The molecule has 4 nitrogen and oxygen atoms in total. The molecule has 0 aliphatic rings. The van der Waals surface area contributed by atoms with Crippen LogP contribution in [0.5, 0.6) is 0 Å². The smallest absolute Gasteiger partial charge is 0.217 e. The summed E-state index contributed by atoms with van der Waals surface area (Å²) in [5.74, 6) is 0.137. The molecule has 1 aromatic carbocycles. The van der Waals surface area contributed by atoms with E-state index in [-0.39, 0.29) is 22.9 Å². The molecule has 0 saturated heterocycles. The summed E-state index contributed by atoms with van der Waals surface area (Å²) in [6.07, 6.45) is 0. The second kappa shape index (κ2) is 5.87. The van der Waals surface area contributed by atoms with Gasteiger partial charge < -0.3 is 4.74 Å². The molecule has 1 aromatic heterocycles. The normalized spacial score (nSPS) is 10.3. The number of rotatable bonds is 4. The van der Waals surface area contributed by atoms with Crippen molar-refractivity contribution in [2.75, 3.05) is 0 Å². The molecule has 1 heterocycles. The summed E-state index contributed by atoms with van der Waals surface area (Å²) in [5, 5.41) is 9.18. The molecule has 0 aliphatic carbocycles. The minimum Gasteiger partial charge on any atom is -0.356 e. The molecule has 0 aliphatic heterocycles. The number of nitrogens with zero attached hydrogens (tertiary/aromatic N) is 3. The van der Waals surface area contributed by atoms with Crippen molar-refractivity contribution in [2.24, 2.45) is 0 Å². The van der Waals surface area contributed by atoms with Gasteiger partial charge in [0.2, 0.25) is 5.82 Å². The first-order valence-corrected chi connectivity index (χ1v) is 5.91. The minimum absolute atomic E-state index is 0.108. The SMILES string of the molecule is N#Cc1nc(Cl)c(Cl)n1COCc1ccccc1. The fourth-order valence-electron chi connectivity index (χ4n) is 1.44. The number of ether oxygens (including phenoxy) is 1. The van der Waals surface area contributed by atoms with E-state index < -0.39 is 0 Å². The molecule has 18 heavy (non-hydrogen) atoms. The van der Waals surface area contributed by atoms with Crippen molar-refractivity contribution in [2.45, 2.75) is 13.3 Å². The van der Waals surface area contributed by atoms with E-state index >= 15 is 0 Å². The highest BCUT2D eigenvalue weighted by molar-refractivity contribution is 6.40. The topological polar surface area (TPSA) is 50.8 Å². The number of benzene rings is 1. The van der Waals surface area contributed by atoms with Gasteiger partial charge in [-0.15, -0.1) is 0 Å². The molecular weight excluding hydrogens is 273 g/mol. The highest BCUT2D eigenvalue weighted by Gasteiger charge is 2.13. The van der Waals surface area contributed by atoms with Crippen molar-refractivity contribution in [3.05, 3.63) is 52.0 Å². The first kappa shape index (κ1) is 12.9. The van der Waals surface area contributed by atoms with Crippen LogP contribution in [0.2, 0.25) is 10.3 Å². The average Bonchev–Trinajstić information content (AvgIpc) is 2.67. The minimum atomic E-state index is 0.108. The number of aromatic nitrogens is 2. The summed E-state index contributed by atoms with van der Waals surface area (Å²) in [4.78, 5) is 3.81. The van der Waals surface area contributed by atoms with Crippen molar-refractivity contribution < 1.29 is 4.74 Å². The van der Waals surface area contributed by atoms with Crippen LogP contribution in [0.3, 0.4) is 0 Å². The molecule has 0 spiro atoms. The van der Waals surface area contributed by atoms with Gasteiger partial charge in [-0.1, -0.05) is 53.5 Å².